The van der Waals surface area contributed by atoms with Crippen molar-refractivity contribution in [2.75, 3.05) is 11.1 Å². The van der Waals surface area contributed by atoms with Crippen LogP contribution in [-0.2, 0) is 0 Å². The summed E-state index contributed by atoms with van der Waals surface area (Å²) in [6.07, 6.45) is -4.77. The fourth-order valence-corrected chi connectivity index (χ4v) is 1.57. The third-order valence-electron chi connectivity index (χ3n) is 2.40. The normalized spacial score (nSPS) is 11.2. The second-order valence-electron chi connectivity index (χ2n) is 3.90. The first-order chi connectivity index (χ1) is 9.35. The summed E-state index contributed by atoms with van der Waals surface area (Å²) in [4.78, 5) is 0. The summed E-state index contributed by atoms with van der Waals surface area (Å²) in [7, 11) is 0. The number of para-hydroxylation sites is 1. The number of halogens is 4. The summed E-state index contributed by atoms with van der Waals surface area (Å²) < 4.78 is 53.3. The van der Waals surface area contributed by atoms with Crippen molar-refractivity contribution in [1.29, 1.82) is 0 Å². The highest BCUT2D eigenvalue weighted by Gasteiger charge is 2.31. The zero-order valence-electron chi connectivity index (χ0n) is 10.0. The molecule has 2 rings (SSSR count). The van der Waals surface area contributed by atoms with Crippen LogP contribution in [0, 0.1) is 5.82 Å². The average molecular weight is 286 g/mol. The van der Waals surface area contributed by atoms with Gasteiger partial charge in [0.05, 0.1) is 11.4 Å². The molecule has 0 spiro atoms. The van der Waals surface area contributed by atoms with Gasteiger partial charge in [-0.1, -0.05) is 12.1 Å². The van der Waals surface area contributed by atoms with Crippen molar-refractivity contribution < 1.29 is 22.3 Å². The van der Waals surface area contributed by atoms with E-state index in [-0.39, 0.29) is 17.1 Å². The van der Waals surface area contributed by atoms with Gasteiger partial charge in [-0.3, -0.25) is 0 Å². The molecular weight excluding hydrogens is 276 g/mol. The second-order valence-corrected chi connectivity index (χ2v) is 3.90. The third kappa shape index (κ3) is 3.53. The third-order valence-corrected chi connectivity index (χ3v) is 2.40. The number of alkyl halides is 3. The molecule has 0 aliphatic heterocycles. The minimum absolute atomic E-state index is 0.116. The Labute approximate surface area is 112 Å². The van der Waals surface area contributed by atoms with Crippen LogP contribution < -0.4 is 15.8 Å². The van der Waals surface area contributed by atoms with E-state index in [0.29, 0.717) is 5.69 Å². The van der Waals surface area contributed by atoms with Gasteiger partial charge in [0.2, 0.25) is 0 Å². The zero-order valence-corrected chi connectivity index (χ0v) is 10.0. The van der Waals surface area contributed by atoms with Crippen LogP contribution in [0.1, 0.15) is 0 Å². The van der Waals surface area contributed by atoms with Crippen LogP contribution in [0.25, 0.3) is 0 Å². The van der Waals surface area contributed by atoms with E-state index in [0.717, 1.165) is 12.1 Å². The monoisotopic (exact) mass is 286 g/mol. The molecule has 0 fully saturated rings. The molecule has 20 heavy (non-hydrogen) atoms. The van der Waals surface area contributed by atoms with E-state index < -0.39 is 12.2 Å². The fourth-order valence-electron chi connectivity index (χ4n) is 1.57. The van der Waals surface area contributed by atoms with Crippen LogP contribution in [0.3, 0.4) is 0 Å². The lowest BCUT2D eigenvalue weighted by molar-refractivity contribution is -0.274. The minimum Gasteiger partial charge on any atom is -0.406 e. The number of hydrogen-bond donors (Lipinski definition) is 2. The quantitative estimate of drug-likeness (QED) is 0.661. The average Bonchev–Trinajstić information content (AvgIpc) is 2.33. The van der Waals surface area contributed by atoms with Crippen LogP contribution in [0.15, 0.2) is 42.5 Å². The highest BCUT2D eigenvalue weighted by atomic mass is 19.4. The Morgan fingerprint density at radius 2 is 1.75 bits per heavy atom. The van der Waals surface area contributed by atoms with Crippen molar-refractivity contribution in [2.24, 2.45) is 0 Å². The van der Waals surface area contributed by atoms with Crippen LogP contribution in [0.5, 0.6) is 5.75 Å². The SMILES string of the molecule is Nc1c(F)cccc1Nc1cccc(OC(F)(F)F)c1. The minimum atomic E-state index is -4.77. The molecule has 0 radical (unpaired) electrons. The van der Waals surface area contributed by atoms with Crippen molar-refractivity contribution >= 4 is 17.1 Å². The summed E-state index contributed by atoms with van der Waals surface area (Å²) in [6.45, 7) is 0. The highest BCUT2D eigenvalue weighted by Crippen LogP contribution is 2.29. The van der Waals surface area contributed by atoms with E-state index >= 15 is 0 Å². The Hall–Kier alpha value is -2.44. The van der Waals surface area contributed by atoms with E-state index in [1.54, 1.807) is 0 Å². The van der Waals surface area contributed by atoms with Gasteiger partial charge in [0.15, 0.2) is 0 Å². The Morgan fingerprint density at radius 3 is 2.45 bits per heavy atom. The number of ether oxygens (including phenoxy) is 1. The first kappa shape index (κ1) is 14.0. The molecule has 106 valence electrons. The van der Waals surface area contributed by atoms with E-state index in [9.17, 15) is 17.6 Å². The lowest BCUT2D eigenvalue weighted by Gasteiger charge is -2.12. The molecule has 0 atom stereocenters. The Morgan fingerprint density at radius 1 is 1.05 bits per heavy atom. The maximum Gasteiger partial charge on any atom is 0.573 e. The fraction of sp³-hybridized carbons (Fsp3) is 0.0769. The van der Waals surface area contributed by atoms with E-state index in [1.165, 1.54) is 30.3 Å². The Balaban J connectivity index is 2.22. The number of nitrogens with one attached hydrogen (secondary N) is 1. The smallest absolute Gasteiger partial charge is 0.406 e. The molecule has 0 heterocycles. The molecule has 0 amide bonds. The molecule has 3 N–H and O–H groups in total. The van der Waals surface area contributed by atoms with Crippen LogP contribution in [-0.4, -0.2) is 6.36 Å². The van der Waals surface area contributed by atoms with Gasteiger partial charge in [-0.15, -0.1) is 13.2 Å². The van der Waals surface area contributed by atoms with Crippen molar-refractivity contribution in [3.05, 3.63) is 48.3 Å². The molecule has 0 bridgehead atoms. The number of hydrogen-bond acceptors (Lipinski definition) is 3. The summed E-state index contributed by atoms with van der Waals surface area (Å²) >= 11 is 0. The van der Waals surface area contributed by atoms with Crippen molar-refractivity contribution in [1.82, 2.24) is 0 Å². The molecule has 0 unspecified atom stereocenters. The van der Waals surface area contributed by atoms with E-state index in [1.807, 2.05) is 0 Å². The predicted molar refractivity (Wildman–Crippen MR) is 67.2 cm³/mol. The molecule has 0 saturated carbocycles. The van der Waals surface area contributed by atoms with Gasteiger partial charge < -0.3 is 15.8 Å². The number of nitrogens with two attached hydrogens (primary N) is 1. The molecule has 3 nitrogen and oxygen atoms in total. The van der Waals surface area contributed by atoms with Crippen molar-refractivity contribution in [3.8, 4) is 5.75 Å². The lowest BCUT2D eigenvalue weighted by atomic mass is 10.2. The van der Waals surface area contributed by atoms with Gasteiger partial charge >= 0.3 is 6.36 Å². The number of nitrogen functional groups attached to an aromatic ring is 1. The molecule has 0 aliphatic rings. The predicted octanol–water partition coefficient (Wildman–Crippen LogP) is 4.05. The summed E-state index contributed by atoms with van der Waals surface area (Å²) in [5, 5.41) is 2.73. The molecule has 2 aromatic carbocycles. The van der Waals surface area contributed by atoms with Gasteiger partial charge in [0.25, 0.3) is 0 Å². The summed E-state index contributed by atoms with van der Waals surface area (Å²) in [6, 6.07) is 9.31. The van der Waals surface area contributed by atoms with Gasteiger partial charge in [0, 0.05) is 11.8 Å². The Kier molecular flexibility index (Phi) is 3.69. The standard InChI is InChI=1S/C13H10F4N2O/c14-10-5-2-6-11(12(10)18)19-8-3-1-4-9(7-8)20-13(15,16)17/h1-7,19H,18H2. The molecular formula is C13H10F4N2O. The van der Waals surface area contributed by atoms with Gasteiger partial charge in [-0.25, -0.2) is 4.39 Å². The lowest BCUT2D eigenvalue weighted by Crippen LogP contribution is -2.17. The molecule has 0 saturated heterocycles. The largest absolute Gasteiger partial charge is 0.573 e. The van der Waals surface area contributed by atoms with Gasteiger partial charge in [-0.05, 0) is 24.3 Å². The maximum atomic E-state index is 13.2. The van der Waals surface area contributed by atoms with Gasteiger partial charge in [-0.2, -0.15) is 0 Å². The molecule has 0 aliphatic carbocycles. The highest BCUT2D eigenvalue weighted by molar-refractivity contribution is 5.73. The topological polar surface area (TPSA) is 47.3 Å². The van der Waals surface area contributed by atoms with Gasteiger partial charge in [0.1, 0.15) is 11.6 Å². The maximum absolute atomic E-state index is 13.2. The van der Waals surface area contributed by atoms with Crippen LogP contribution in [0.2, 0.25) is 0 Å². The van der Waals surface area contributed by atoms with Crippen LogP contribution >= 0.6 is 0 Å². The molecule has 2 aromatic rings. The summed E-state index contributed by atoms with van der Waals surface area (Å²) in [5.74, 6) is -0.991. The number of anilines is 3. The molecule has 7 heteroatoms. The zero-order chi connectivity index (χ0) is 14.8. The van der Waals surface area contributed by atoms with Crippen molar-refractivity contribution in [3.63, 3.8) is 0 Å². The number of rotatable bonds is 3. The van der Waals surface area contributed by atoms with Crippen molar-refractivity contribution in [2.45, 2.75) is 6.36 Å². The first-order valence-electron chi connectivity index (χ1n) is 5.52. The first-order valence-corrected chi connectivity index (χ1v) is 5.52. The number of benzene rings is 2. The Bertz CT molecular complexity index is 614. The van der Waals surface area contributed by atoms with E-state index in [2.05, 4.69) is 10.1 Å². The van der Waals surface area contributed by atoms with Crippen LogP contribution in [0.4, 0.5) is 34.6 Å². The van der Waals surface area contributed by atoms with E-state index in [4.69, 9.17) is 5.73 Å². The second kappa shape index (κ2) is 5.28. The molecule has 0 aromatic heterocycles. The summed E-state index contributed by atoms with van der Waals surface area (Å²) in [5.41, 5.74) is 5.96.